The minimum absolute atomic E-state index is 0.00724. The molecule has 0 aliphatic carbocycles. The number of nitrogens with zero attached hydrogens (tertiary/aromatic N) is 2. The van der Waals surface area contributed by atoms with Crippen LogP contribution in [0.2, 0.25) is 0 Å². The Kier molecular flexibility index (Phi) is 7.56. The van der Waals surface area contributed by atoms with Crippen LogP contribution in [0, 0.1) is 10.1 Å². The van der Waals surface area contributed by atoms with Gasteiger partial charge in [-0.25, -0.2) is 4.79 Å². The predicted molar refractivity (Wildman–Crippen MR) is 112 cm³/mol. The molecule has 1 amide bonds. The normalized spacial score (nSPS) is 12.5. The van der Waals surface area contributed by atoms with Crippen LogP contribution in [-0.2, 0) is 17.5 Å². The molecule has 34 heavy (non-hydrogen) atoms. The van der Waals surface area contributed by atoms with Crippen molar-refractivity contribution in [3.8, 4) is 5.75 Å². The lowest BCUT2D eigenvalue weighted by Gasteiger charge is -2.14. The lowest BCUT2D eigenvalue weighted by Crippen LogP contribution is -2.35. The number of halogens is 3. The molecule has 2 N–H and O–H groups in total. The molecule has 0 saturated carbocycles. The van der Waals surface area contributed by atoms with E-state index in [4.69, 9.17) is 9.15 Å². The Labute approximate surface area is 189 Å². The van der Waals surface area contributed by atoms with Gasteiger partial charge in [-0.1, -0.05) is 6.07 Å². The van der Waals surface area contributed by atoms with Gasteiger partial charge in [-0.3, -0.25) is 19.5 Å². The van der Waals surface area contributed by atoms with E-state index in [1.165, 1.54) is 28.8 Å². The number of aromatic nitrogens is 1. The molecule has 0 aliphatic heterocycles. The number of fused-ring (bicyclic) bond motifs is 1. The summed E-state index contributed by atoms with van der Waals surface area (Å²) in [6.45, 7) is -0.390. The summed E-state index contributed by atoms with van der Waals surface area (Å²) in [5.74, 6) is -1.20. The number of aliphatic hydroxyl groups is 1. The van der Waals surface area contributed by atoms with Crippen molar-refractivity contribution in [2.75, 3.05) is 13.2 Å². The highest BCUT2D eigenvalue weighted by atomic mass is 19.4. The van der Waals surface area contributed by atoms with Gasteiger partial charge in [0.15, 0.2) is 5.58 Å². The van der Waals surface area contributed by atoms with Gasteiger partial charge >= 0.3 is 11.9 Å². The zero-order valence-corrected chi connectivity index (χ0v) is 17.6. The smallest absolute Gasteiger partial charge is 0.419 e. The molecule has 0 saturated heterocycles. The molecule has 1 heterocycles. The average Bonchev–Trinajstić information content (AvgIpc) is 3.10. The maximum Gasteiger partial charge on any atom is 0.419 e. The minimum Gasteiger partial charge on any atom is -0.491 e. The standard InChI is InChI=1S/C21H20F3N3O7/c22-21(23,24)13-3-1-4-16(9-13)33-12-15(28)11-25-19(29)5-2-8-26-17-7-6-14(27(31)32)10-18(17)34-20(26)30/h1,3-4,6-7,9-10,15,28H,2,5,8,11-12H2,(H,25,29). The molecule has 0 fully saturated rings. The van der Waals surface area contributed by atoms with Crippen molar-refractivity contribution in [2.24, 2.45) is 0 Å². The summed E-state index contributed by atoms with van der Waals surface area (Å²) in [6.07, 6.45) is -5.42. The van der Waals surface area contributed by atoms with Crippen molar-refractivity contribution >= 4 is 22.7 Å². The van der Waals surface area contributed by atoms with Gasteiger partial charge in [0, 0.05) is 25.6 Å². The van der Waals surface area contributed by atoms with Gasteiger partial charge < -0.3 is 19.6 Å². The fourth-order valence-electron chi connectivity index (χ4n) is 3.11. The minimum atomic E-state index is -4.52. The quantitative estimate of drug-likeness (QED) is 0.334. The second-order valence-electron chi connectivity index (χ2n) is 7.33. The zero-order chi connectivity index (χ0) is 24.9. The van der Waals surface area contributed by atoms with Crippen LogP contribution in [0.4, 0.5) is 18.9 Å². The number of nitro benzene ring substituents is 1. The first-order chi connectivity index (χ1) is 16.0. The van der Waals surface area contributed by atoms with E-state index in [1.54, 1.807) is 0 Å². The summed E-state index contributed by atoms with van der Waals surface area (Å²) in [7, 11) is 0. The number of nitro groups is 1. The van der Waals surface area contributed by atoms with Gasteiger partial charge in [-0.2, -0.15) is 13.2 Å². The number of alkyl halides is 3. The first kappa shape index (κ1) is 24.8. The highest BCUT2D eigenvalue weighted by Gasteiger charge is 2.30. The Hall–Kier alpha value is -3.87. The summed E-state index contributed by atoms with van der Waals surface area (Å²) >= 11 is 0. The van der Waals surface area contributed by atoms with Crippen molar-refractivity contribution in [2.45, 2.75) is 31.7 Å². The summed E-state index contributed by atoms with van der Waals surface area (Å²) < 4.78 is 49.5. The van der Waals surface area contributed by atoms with Gasteiger partial charge in [-0.05, 0) is 30.7 Å². The fourth-order valence-corrected chi connectivity index (χ4v) is 3.11. The van der Waals surface area contributed by atoms with Crippen molar-refractivity contribution in [1.29, 1.82) is 0 Å². The number of aliphatic hydroxyl groups excluding tert-OH is 1. The summed E-state index contributed by atoms with van der Waals surface area (Å²) in [5.41, 5.74) is -0.676. The maximum atomic E-state index is 12.7. The van der Waals surface area contributed by atoms with E-state index in [2.05, 4.69) is 5.32 Å². The van der Waals surface area contributed by atoms with Gasteiger partial charge in [0.1, 0.15) is 18.5 Å². The Morgan fingerprint density at radius 2 is 2.03 bits per heavy atom. The Bertz CT molecular complexity index is 1240. The van der Waals surface area contributed by atoms with Crippen LogP contribution >= 0.6 is 0 Å². The van der Waals surface area contributed by atoms with Crippen molar-refractivity contribution in [1.82, 2.24) is 9.88 Å². The highest BCUT2D eigenvalue weighted by Crippen LogP contribution is 2.31. The number of non-ortho nitro benzene ring substituents is 1. The van der Waals surface area contributed by atoms with Gasteiger partial charge in [0.05, 0.1) is 22.1 Å². The zero-order valence-electron chi connectivity index (χ0n) is 17.6. The first-order valence-corrected chi connectivity index (χ1v) is 10.1. The third kappa shape index (κ3) is 6.34. The number of benzene rings is 2. The third-order valence-electron chi connectivity index (χ3n) is 4.79. The number of rotatable bonds is 10. The molecule has 0 aliphatic rings. The largest absolute Gasteiger partial charge is 0.491 e. The summed E-state index contributed by atoms with van der Waals surface area (Å²) in [6, 6.07) is 7.98. The van der Waals surface area contributed by atoms with Crippen molar-refractivity contribution in [3.63, 3.8) is 0 Å². The monoisotopic (exact) mass is 483 g/mol. The highest BCUT2D eigenvalue weighted by molar-refractivity contribution is 5.76. The lowest BCUT2D eigenvalue weighted by atomic mass is 10.2. The van der Waals surface area contributed by atoms with Crippen LogP contribution < -0.4 is 15.8 Å². The van der Waals surface area contributed by atoms with E-state index >= 15 is 0 Å². The van der Waals surface area contributed by atoms with E-state index in [-0.39, 0.29) is 49.6 Å². The Morgan fingerprint density at radius 3 is 2.74 bits per heavy atom. The predicted octanol–water partition coefficient (Wildman–Crippen LogP) is 2.86. The Morgan fingerprint density at radius 1 is 1.26 bits per heavy atom. The Balaban J connectivity index is 1.43. The number of oxazole rings is 1. The average molecular weight is 483 g/mol. The van der Waals surface area contributed by atoms with Crippen molar-refractivity contribution < 1.29 is 37.1 Å². The topological polar surface area (TPSA) is 137 Å². The molecule has 2 aromatic carbocycles. The molecular formula is C21H20F3N3O7. The molecule has 3 rings (SSSR count). The van der Waals surface area contributed by atoms with Crippen LogP contribution in [0.5, 0.6) is 5.75 Å². The first-order valence-electron chi connectivity index (χ1n) is 10.1. The number of carbonyl (C=O) groups excluding carboxylic acids is 1. The number of hydrogen-bond acceptors (Lipinski definition) is 7. The molecule has 0 bridgehead atoms. The van der Waals surface area contributed by atoms with Crippen LogP contribution in [0.15, 0.2) is 51.7 Å². The van der Waals surface area contributed by atoms with Crippen LogP contribution in [0.3, 0.4) is 0 Å². The number of hydrogen-bond donors (Lipinski definition) is 2. The van der Waals surface area contributed by atoms with E-state index in [1.807, 2.05) is 0 Å². The van der Waals surface area contributed by atoms with Crippen molar-refractivity contribution in [3.05, 3.63) is 68.7 Å². The third-order valence-corrected chi connectivity index (χ3v) is 4.79. The molecule has 0 radical (unpaired) electrons. The van der Waals surface area contributed by atoms with E-state index in [9.17, 15) is 38.0 Å². The number of carbonyl (C=O) groups is 1. The van der Waals surface area contributed by atoms with Gasteiger partial charge in [-0.15, -0.1) is 0 Å². The molecule has 0 spiro atoms. The second-order valence-corrected chi connectivity index (χ2v) is 7.33. The molecule has 1 atom stereocenters. The van der Waals surface area contributed by atoms with Gasteiger partial charge in [0.25, 0.3) is 5.69 Å². The van der Waals surface area contributed by atoms with Crippen LogP contribution in [0.1, 0.15) is 18.4 Å². The molecule has 3 aromatic rings. The van der Waals surface area contributed by atoms with E-state index < -0.39 is 34.4 Å². The number of nitrogens with one attached hydrogen (secondary N) is 1. The van der Waals surface area contributed by atoms with E-state index in [0.29, 0.717) is 5.52 Å². The number of amides is 1. The molecule has 13 heteroatoms. The molecule has 1 unspecified atom stereocenters. The SMILES string of the molecule is O=C(CCCn1c(=O)oc2cc([N+](=O)[O-])ccc21)NCC(O)COc1cccc(C(F)(F)F)c1. The number of ether oxygens (including phenoxy) is 1. The molecular weight excluding hydrogens is 463 g/mol. The second kappa shape index (κ2) is 10.4. The maximum absolute atomic E-state index is 12.7. The van der Waals surface area contributed by atoms with E-state index in [0.717, 1.165) is 18.2 Å². The van der Waals surface area contributed by atoms with Crippen LogP contribution in [-0.4, -0.2) is 39.8 Å². The number of aryl methyl sites for hydroxylation is 1. The summed E-state index contributed by atoms with van der Waals surface area (Å²) in [4.78, 5) is 34.2. The van der Waals surface area contributed by atoms with Crippen LogP contribution in [0.25, 0.3) is 11.1 Å². The molecule has 10 nitrogen and oxygen atoms in total. The molecule has 182 valence electrons. The summed E-state index contributed by atoms with van der Waals surface area (Å²) in [5, 5.41) is 23.2. The molecule has 1 aromatic heterocycles. The van der Waals surface area contributed by atoms with Gasteiger partial charge in [0.2, 0.25) is 5.91 Å². The fraction of sp³-hybridized carbons (Fsp3) is 0.333. The lowest BCUT2D eigenvalue weighted by molar-refractivity contribution is -0.384.